The summed E-state index contributed by atoms with van der Waals surface area (Å²) in [6.45, 7) is 1.20. The van der Waals surface area contributed by atoms with Crippen molar-refractivity contribution in [2.75, 3.05) is 5.32 Å². The van der Waals surface area contributed by atoms with Gasteiger partial charge in [-0.15, -0.1) is 11.3 Å². The first-order valence-corrected chi connectivity index (χ1v) is 8.83. The molecular formula is C17H12F5N5OS. The number of thiophene rings is 1. The van der Waals surface area contributed by atoms with E-state index in [4.69, 9.17) is 5.26 Å². The summed E-state index contributed by atoms with van der Waals surface area (Å²) >= 11 is 0.497. The van der Waals surface area contributed by atoms with E-state index in [2.05, 4.69) is 10.4 Å². The van der Waals surface area contributed by atoms with E-state index in [1.54, 1.807) is 0 Å². The molecule has 12 heteroatoms. The number of benzene rings is 1. The highest BCUT2D eigenvalue weighted by Crippen LogP contribution is 2.42. The molecule has 0 aliphatic heterocycles. The first kappa shape index (κ1) is 20.5. The highest BCUT2D eigenvalue weighted by Gasteiger charge is 2.44. The van der Waals surface area contributed by atoms with Crippen LogP contribution in [0.3, 0.4) is 0 Å². The lowest BCUT2D eigenvalue weighted by Crippen LogP contribution is -2.40. The van der Waals surface area contributed by atoms with E-state index in [0.717, 1.165) is 6.07 Å². The Hall–Kier alpha value is -3.20. The van der Waals surface area contributed by atoms with Crippen LogP contribution in [-0.4, -0.2) is 22.0 Å². The summed E-state index contributed by atoms with van der Waals surface area (Å²) in [6, 6.07) is -0.252. The molecule has 0 bridgehead atoms. The van der Waals surface area contributed by atoms with Crippen LogP contribution < -0.4 is 10.6 Å². The summed E-state index contributed by atoms with van der Waals surface area (Å²) in [5.41, 5.74) is 0.104. The number of fused-ring (bicyclic) bond motifs is 1. The molecule has 2 heterocycles. The van der Waals surface area contributed by atoms with Gasteiger partial charge >= 0.3 is 12.2 Å². The molecule has 0 saturated carbocycles. The molecule has 1 atom stereocenters. The molecular weight excluding hydrogens is 417 g/mol. The minimum Gasteiger partial charge on any atom is -0.322 e. The molecule has 3 aromatic rings. The Morgan fingerprint density at radius 2 is 2.10 bits per heavy atom. The molecule has 29 heavy (non-hydrogen) atoms. The van der Waals surface area contributed by atoms with Gasteiger partial charge in [0.2, 0.25) is 0 Å². The molecule has 0 spiro atoms. The van der Waals surface area contributed by atoms with Gasteiger partial charge in [0.25, 0.3) is 0 Å². The van der Waals surface area contributed by atoms with Gasteiger partial charge < -0.3 is 10.6 Å². The van der Waals surface area contributed by atoms with E-state index < -0.39 is 29.9 Å². The van der Waals surface area contributed by atoms with Crippen LogP contribution in [0.2, 0.25) is 0 Å². The molecule has 2 N–H and O–H groups in total. The zero-order valence-electron chi connectivity index (χ0n) is 14.6. The molecule has 0 aliphatic carbocycles. The van der Waals surface area contributed by atoms with Crippen molar-refractivity contribution in [3.05, 3.63) is 46.6 Å². The van der Waals surface area contributed by atoms with E-state index in [1.165, 1.54) is 24.0 Å². The number of amides is 2. The number of hydrogen-bond donors (Lipinski definition) is 2. The molecule has 152 valence electrons. The number of halogens is 5. The molecule has 2 amide bonds. The van der Waals surface area contributed by atoms with E-state index in [0.29, 0.717) is 17.4 Å². The fourth-order valence-corrected chi connectivity index (χ4v) is 3.99. The van der Waals surface area contributed by atoms with Crippen LogP contribution in [-0.2, 0) is 6.54 Å². The average molecular weight is 429 g/mol. The summed E-state index contributed by atoms with van der Waals surface area (Å²) in [4.78, 5) is 11.7. The molecule has 0 saturated heterocycles. The number of aryl methyl sites for hydroxylation is 1. The number of nitriles is 1. The molecule has 0 aliphatic rings. The zero-order chi connectivity index (χ0) is 21.3. The van der Waals surface area contributed by atoms with Crippen LogP contribution in [0.15, 0.2) is 24.5 Å². The van der Waals surface area contributed by atoms with Crippen LogP contribution in [0, 0.1) is 29.9 Å². The number of alkyl halides is 3. The second-order valence-corrected chi connectivity index (χ2v) is 7.07. The van der Waals surface area contributed by atoms with Crippen molar-refractivity contribution >= 4 is 33.1 Å². The Labute approximate surface area is 164 Å². The number of carbonyl (C=O) groups is 1. The predicted molar refractivity (Wildman–Crippen MR) is 95.3 cm³/mol. The minimum absolute atomic E-state index is 0.0109. The third kappa shape index (κ3) is 4.29. The standard InChI is InChI=1S/C17H12F5N5OS/c1-8-11-4-9(18)5-12(19)14(11)29-13(8)15(17(20,21)22)26-16(28)25-10-6-24-27(7-10)3-2-23/h4-7,15H,3H2,1H3,(H2,25,26,28)/t15-/m1/s1. The Kier molecular flexibility index (Phi) is 5.43. The number of hydrogen-bond acceptors (Lipinski definition) is 4. The molecule has 1 aromatic carbocycles. The van der Waals surface area contributed by atoms with Crippen LogP contribution in [0.25, 0.3) is 10.1 Å². The van der Waals surface area contributed by atoms with Crippen molar-refractivity contribution in [2.45, 2.75) is 25.7 Å². The minimum atomic E-state index is -4.89. The quantitative estimate of drug-likeness (QED) is 0.593. The maximum atomic E-state index is 14.0. The molecule has 0 fully saturated rings. The summed E-state index contributed by atoms with van der Waals surface area (Å²) in [7, 11) is 0. The Morgan fingerprint density at radius 3 is 2.76 bits per heavy atom. The van der Waals surface area contributed by atoms with Crippen molar-refractivity contribution in [3.8, 4) is 6.07 Å². The highest BCUT2D eigenvalue weighted by atomic mass is 32.1. The second kappa shape index (κ2) is 7.67. The third-order valence-corrected chi connectivity index (χ3v) is 5.36. The number of anilines is 1. The van der Waals surface area contributed by atoms with Crippen molar-refractivity contribution in [3.63, 3.8) is 0 Å². The first-order valence-electron chi connectivity index (χ1n) is 8.02. The topological polar surface area (TPSA) is 82.7 Å². The largest absolute Gasteiger partial charge is 0.413 e. The van der Waals surface area contributed by atoms with Crippen LogP contribution in [0.1, 0.15) is 16.5 Å². The summed E-state index contributed by atoms with van der Waals surface area (Å²) in [5, 5.41) is 16.4. The molecule has 2 aromatic heterocycles. The number of carbonyl (C=O) groups excluding carboxylic acids is 1. The van der Waals surface area contributed by atoms with Gasteiger partial charge in [0.1, 0.15) is 18.2 Å². The second-order valence-electron chi connectivity index (χ2n) is 6.01. The monoisotopic (exact) mass is 429 g/mol. The van der Waals surface area contributed by atoms with Gasteiger partial charge in [-0.2, -0.15) is 23.5 Å². The van der Waals surface area contributed by atoms with Gasteiger partial charge in [0, 0.05) is 22.5 Å². The van der Waals surface area contributed by atoms with Gasteiger partial charge in [-0.25, -0.2) is 13.6 Å². The van der Waals surface area contributed by atoms with Crippen LogP contribution in [0.5, 0.6) is 0 Å². The normalized spacial score (nSPS) is 12.6. The Bertz CT molecular complexity index is 1110. The Morgan fingerprint density at radius 1 is 1.38 bits per heavy atom. The van der Waals surface area contributed by atoms with Gasteiger partial charge in [-0.3, -0.25) is 4.68 Å². The highest BCUT2D eigenvalue weighted by molar-refractivity contribution is 7.19. The molecule has 0 radical (unpaired) electrons. The van der Waals surface area contributed by atoms with Crippen LogP contribution >= 0.6 is 11.3 Å². The van der Waals surface area contributed by atoms with Gasteiger partial charge in [0.15, 0.2) is 6.04 Å². The van der Waals surface area contributed by atoms with Crippen molar-refractivity contribution in [2.24, 2.45) is 0 Å². The van der Waals surface area contributed by atoms with Crippen molar-refractivity contribution < 1.29 is 26.7 Å². The molecule has 6 nitrogen and oxygen atoms in total. The Balaban J connectivity index is 1.90. The maximum Gasteiger partial charge on any atom is 0.413 e. The molecule has 0 unspecified atom stereocenters. The van der Waals surface area contributed by atoms with Crippen LogP contribution in [0.4, 0.5) is 32.4 Å². The third-order valence-electron chi connectivity index (χ3n) is 3.98. The zero-order valence-corrected chi connectivity index (χ0v) is 15.5. The summed E-state index contributed by atoms with van der Waals surface area (Å²) < 4.78 is 69.4. The fraction of sp³-hybridized carbons (Fsp3) is 0.235. The number of rotatable bonds is 4. The summed E-state index contributed by atoms with van der Waals surface area (Å²) in [5.74, 6) is -1.89. The lowest BCUT2D eigenvalue weighted by molar-refractivity contribution is -0.154. The van der Waals surface area contributed by atoms with Crippen molar-refractivity contribution in [1.82, 2.24) is 15.1 Å². The van der Waals surface area contributed by atoms with Crippen molar-refractivity contribution in [1.29, 1.82) is 5.26 Å². The lowest BCUT2D eigenvalue weighted by Gasteiger charge is -2.21. The number of nitrogens with one attached hydrogen (secondary N) is 2. The van der Waals surface area contributed by atoms with Gasteiger partial charge in [-0.05, 0) is 18.6 Å². The number of urea groups is 1. The maximum absolute atomic E-state index is 14.0. The lowest BCUT2D eigenvalue weighted by atomic mass is 10.1. The number of aromatic nitrogens is 2. The van der Waals surface area contributed by atoms with E-state index in [9.17, 15) is 26.7 Å². The predicted octanol–water partition coefficient (Wildman–Crippen LogP) is 4.63. The molecule has 3 rings (SSSR count). The van der Waals surface area contributed by atoms with E-state index in [1.807, 2.05) is 11.4 Å². The average Bonchev–Trinajstić information content (AvgIpc) is 3.17. The van der Waals surface area contributed by atoms with E-state index >= 15 is 0 Å². The smallest absolute Gasteiger partial charge is 0.322 e. The van der Waals surface area contributed by atoms with Gasteiger partial charge in [-0.1, -0.05) is 0 Å². The van der Waals surface area contributed by atoms with Gasteiger partial charge in [0.05, 0.1) is 22.7 Å². The SMILES string of the molecule is Cc1c([C@@H](NC(=O)Nc2cnn(CC#N)c2)C(F)(F)F)sc2c(F)cc(F)cc12. The first-order chi connectivity index (χ1) is 13.6. The number of nitrogens with zero attached hydrogens (tertiary/aromatic N) is 3. The summed E-state index contributed by atoms with van der Waals surface area (Å²) in [6.07, 6.45) is -2.44. The van der Waals surface area contributed by atoms with E-state index in [-0.39, 0.29) is 32.8 Å². The fourth-order valence-electron chi connectivity index (χ4n) is 2.72.